The number of nitrogens with zero attached hydrogens (tertiary/aromatic N) is 1. The van der Waals surface area contributed by atoms with Crippen LogP contribution in [0, 0.1) is 5.92 Å². The number of phenolic OH excluding ortho intramolecular Hbond substituents is 2. The number of nitrogens with one attached hydrogen (secondary N) is 2. The fourth-order valence-electron chi connectivity index (χ4n) is 4.76. The molecule has 216 valence electrons. The maximum absolute atomic E-state index is 13.6. The number of benzene rings is 2. The van der Waals surface area contributed by atoms with Gasteiger partial charge >= 0.3 is 5.97 Å². The Bertz CT molecular complexity index is 1190. The molecular formula is C29H38N4O7. The normalized spacial score (nSPS) is 17.9. The zero-order chi connectivity index (χ0) is 29.4. The van der Waals surface area contributed by atoms with E-state index >= 15 is 0 Å². The highest BCUT2D eigenvalue weighted by atomic mass is 16.4. The summed E-state index contributed by atoms with van der Waals surface area (Å²) < 4.78 is 0. The molecule has 0 radical (unpaired) electrons. The molecule has 3 rings (SSSR count). The predicted molar refractivity (Wildman–Crippen MR) is 147 cm³/mol. The summed E-state index contributed by atoms with van der Waals surface area (Å²) in [6.07, 6.45) is 1.66. The van der Waals surface area contributed by atoms with Crippen LogP contribution in [0.3, 0.4) is 0 Å². The third-order valence-electron chi connectivity index (χ3n) is 7.33. The van der Waals surface area contributed by atoms with E-state index in [1.807, 2.05) is 6.92 Å². The highest BCUT2D eigenvalue weighted by Crippen LogP contribution is 2.21. The van der Waals surface area contributed by atoms with E-state index in [1.165, 1.54) is 29.2 Å². The number of aliphatic carboxylic acids is 1. The van der Waals surface area contributed by atoms with Crippen LogP contribution < -0.4 is 16.4 Å². The van der Waals surface area contributed by atoms with Gasteiger partial charge in [0.15, 0.2) is 0 Å². The standard InChI is InChI=1S/C29H38N4O7/c1-3-17(2)25(32-26(36)22(30)15-18-6-10-20(34)11-7-18)27(37)31-23(16-19-8-12-21(35)13-9-19)28(38)33-14-4-5-24(33)29(39)40/h6-13,17,22-25,34-35H,3-5,14-16,30H2,1-2H3,(H,31,37)(H,32,36)(H,39,40). The van der Waals surface area contributed by atoms with E-state index in [2.05, 4.69) is 10.6 Å². The van der Waals surface area contributed by atoms with Crippen LogP contribution in [0.2, 0.25) is 0 Å². The van der Waals surface area contributed by atoms with Crippen LogP contribution in [0.4, 0.5) is 0 Å². The van der Waals surface area contributed by atoms with Gasteiger partial charge in [-0.25, -0.2) is 4.79 Å². The minimum absolute atomic E-state index is 0.0457. The van der Waals surface area contributed by atoms with Gasteiger partial charge in [-0.1, -0.05) is 44.5 Å². The number of aromatic hydroxyl groups is 2. The van der Waals surface area contributed by atoms with Gasteiger partial charge in [0.05, 0.1) is 6.04 Å². The lowest BCUT2D eigenvalue weighted by molar-refractivity contribution is -0.149. The predicted octanol–water partition coefficient (Wildman–Crippen LogP) is 1.30. The first-order valence-corrected chi connectivity index (χ1v) is 13.5. The molecule has 1 aliphatic rings. The van der Waals surface area contributed by atoms with Crippen molar-refractivity contribution in [1.82, 2.24) is 15.5 Å². The number of carbonyl (C=O) groups is 4. The number of amides is 3. The first kappa shape index (κ1) is 30.4. The molecule has 40 heavy (non-hydrogen) atoms. The minimum Gasteiger partial charge on any atom is -0.508 e. The SMILES string of the molecule is CCC(C)C(NC(=O)C(N)Cc1ccc(O)cc1)C(=O)NC(Cc1ccc(O)cc1)C(=O)N1CCCC1C(=O)O. The second-order valence-electron chi connectivity index (χ2n) is 10.3. The monoisotopic (exact) mass is 554 g/mol. The number of hydrogen-bond donors (Lipinski definition) is 6. The molecule has 2 aromatic carbocycles. The van der Waals surface area contributed by atoms with Gasteiger partial charge in [0.25, 0.3) is 0 Å². The molecule has 0 aromatic heterocycles. The maximum atomic E-state index is 13.6. The molecule has 11 nitrogen and oxygen atoms in total. The van der Waals surface area contributed by atoms with Gasteiger partial charge in [0, 0.05) is 13.0 Å². The van der Waals surface area contributed by atoms with E-state index < -0.39 is 47.9 Å². The van der Waals surface area contributed by atoms with Crippen LogP contribution in [0.5, 0.6) is 11.5 Å². The zero-order valence-electron chi connectivity index (χ0n) is 22.7. The van der Waals surface area contributed by atoms with Crippen LogP contribution >= 0.6 is 0 Å². The van der Waals surface area contributed by atoms with Crippen molar-refractivity contribution in [2.45, 2.75) is 70.1 Å². The number of carboxylic acid groups (broad SMARTS) is 1. The summed E-state index contributed by atoms with van der Waals surface area (Å²) in [7, 11) is 0. The summed E-state index contributed by atoms with van der Waals surface area (Å²) in [5, 5.41) is 34.2. The Morgan fingerprint density at radius 1 is 0.925 bits per heavy atom. The second-order valence-corrected chi connectivity index (χ2v) is 10.3. The number of phenols is 2. The summed E-state index contributed by atoms with van der Waals surface area (Å²) in [6.45, 7) is 3.93. The molecule has 11 heteroatoms. The van der Waals surface area contributed by atoms with Crippen molar-refractivity contribution in [1.29, 1.82) is 0 Å². The molecule has 1 saturated heterocycles. The van der Waals surface area contributed by atoms with Gasteiger partial charge in [-0.15, -0.1) is 0 Å². The molecule has 0 spiro atoms. The lowest BCUT2D eigenvalue weighted by Gasteiger charge is -2.30. The Hall–Kier alpha value is -4.12. The van der Waals surface area contributed by atoms with Crippen LogP contribution in [0.15, 0.2) is 48.5 Å². The average molecular weight is 555 g/mol. The van der Waals surface area contributed by atoms with Gasteiger partial charge in [-0.3, -0.25) is 14.4 Å². The Labute approximate surface area is 233 Å². The van der Waals surface area contributed by atoms with Crippen LogP contribution in [-0.2, 0) is 32.0 Å². The molecule has 5 atom stereocenters. The number of carbonyl (C=O) groups excluding carboxylic acids is 3. The third-order valence-corrected chi connectivity index (χ3v) is 7.33. The average Bonchev–Trinajstić information content (AvgIpc) is 3.43. The molecule has 0 bridgehead atoms. The number of likely N-dealkylation sites (tertiary alicyclic amines) is 1. The van der Waals surface area contributed by atoms with Crippen molar-refractivity contribution in [3.05, 3.63) is 59.7 Å². The van der Waals surface area contributed by atoms with Gasteiger partial charge in [-0.2, -0.15) is 0 Å². The van der Waals surface area contributed by atoms with E-state index in [9.17, 15) is 34.5 Å². The molecule has 1 aliphatic heterocycles. The smallest absolute Gasteiger partial charge is 0.326 e. The first-order valence-electron chi connectivity index (χ1n) is 13.5. The molecule has 1 heterocycles. The Kier molecular flexibility index (Phi) is 10.5. The van der Waals surface area contributed by atoms with Crippen molar-refractivity contribution < 1.29 is 34.5 Å². The lowest BCUT2D eigenvalue weighted by Crippen LogP contribution is -2.59. The Morgan fingerprint density at radius 3 is 2.00 bits per heavy atom. The molecule has 0 saturated carbocycles. The molecule has 1 fully saturated rings. The van der Waals surface area contributed by atoms with E-state index in [4.69, 9.17) is 5.73 Å². The van der Waals surface area contributed by atoms with Crippen molar-refractivity contribution in [3.63, 3.8) is 0 Å². The Balaban J connectivity index is 1.78. The summed E-state index contributed by atoms with van der Waals surface area (Å²) in [5.41, 5.74) is 7.52. The van der Waals surface area contributed by atoms with Crippen molar-refractivity contribution in [2.24, 2.45) is 11.7 Å². The molecular weight excluding hydrogens is 516 g/mol. The molecule has 7 N–H and O–H groups in total. The van der Waals surface area contributed by atoms with Crippen LogP contribution in [0.25, 0.3) is 0 Å². The van der Waals surface area contributed by atoms with Gasteiger partial charge in [0.2, 0.25) is 17.7 Å². The van der Waals surface area contributed by atoms with Crippen molar-refractivity contribution in [3.8, 4) is 11.5 Å². The second kappa shape index (κ2) is 13.8. The zero-order valence-corrected chi connectivity index (χ0v) is 22.7. The summed E-state index contributed by atoms with van der Waals surface area (Å²) in [6, 6.07) is 8.46. The molecule has 2 aromatic rings. The largest absolute Gasteiger partial charge is 0.508 e. The summed E-state index contributed by atoms with van der Waals surface area (Å²) >= 11 is 0. The quantitative estimate of drug-likeness (QED) is 0.227. The summed E-state index contributed by atoms with van der Waals surface area (Å²) in [4.78, 5) is 53.1. The van der Waals surface area contributed by atoms with Crippen LogP contribution in [0.1, 0.15) is 44.2 Å². The highest BCUT2D eigenvalue weighted by Gasteiger charge is 2.39. The first-order chi connectivity index (χ1) is 19.0. The van der Waals surface area contributed by atoms with Gasteiger partial charge in [-0.05, 0) is 60.6 Å². The molecule has 3 amide bonds. The topological polar surface area (TPSA) is 182 Å². The van der Waals surface area contributed by atoms with E-state index in [0.29, 0.717) is 24.8 Å². The Morgan fingerprint density at radius 2 is 1.48 bits per heavy atom. The van der Waals surface area contributed by atoms with Crippen LogP contribution in [-0.4, -0.2) is 74.6 Å². The van der Waals surface area contributed by atoms with E-state index in [-0.39, 0.29) is 36.8 Å². The molecule has 0 aliphatic carbocycles. The number of hydrogen-bond acceptors (Lipinski definition) is 7. The van der Waals surface area contributed by atoms with Crippen molar-refractivity contribution >= 4 is 23.7 Å². The third kappa shape index (κ3) is 7.95. The summed E-state index contributed by atoms with van der Waals surface area (Å²) in [5.74, 6) is -2.91. The number of carboxylic acids is 1. The van der Waals surface area contributed by atoms with E-state index in [1.54, 1.807) is 31.2 Å². The van der Waals surface area contributed by atoms with E-state index in [0.717, 1.165) is 5.56 Å². The highest BCUT2D eigenvalue weighted by molar-refractivity contribution is 5.94. The van der Waals surface area contributed by atoms with Gasteiger partial charge < -0.3 is 36.6 Å². The van der Waals surface area contributed by atoms with Gasteiger partial charge in [0.1, 0.15) is 29.6 Å². The lowest BCUT2D eigenvalue weighted by atomic mass is 9.96. The van der Waals surface area contributed by atoms with Crippen molar-refractivity contribution in [2.75, 3.05) is 6.54 Å². The number of rotatable bonds is 12. The minimum atomic E-state index is -1.10. The number of nitrogens with two attached hydrogens (primary N) is 1. The maximum Gasteiger partial charge on any atom is 0.326 e. The fraction of sp³-hybridized carbons (Fsp3) is 0.448. The molecule has 5 unspecified atom stereocenters. The fourth-order valence-corrected chi connectivity index (χ4v) is 4.76.